The van der Waals surface area contributed by atoms with Gasteiger partial charge in [0, 0.05) is 6.08 Å². The topological polar surface area (TPSA) is 75.6 Å². The van der Waals surface area contributed by atoms with Gasteiger partial charge in [0.25, 0.3) is 0 Å². The van der Waals surface area contributed by atoms with Gasteiger partial charge >= 0.3 is 5.97 Å². The summed E-state index contributed by atoms with van der Waals surface area (Å²) in [6, 6.07) is 0. The highest BCUT2D eigenvalue weighted by Crippen LogP contribution is 1.90. The van der Waals surface area contributed by atoms with Gasteiger partial charge in [0.2, 0.25) is 5.91 Å². The third-order valence-electron chi connectivity index (χ3n) is 1.16. The van der Waals surface area contributed by atoms with E-state index in [1.54, 1.807) is 0 Å². The molecule has 0 rings (SSSR count). The van der Waals surface area contributed by atoms with Gasteiger partial charge in [-0.3, -0.25) is 4.79 Å². The molecule has 5 nitrogen and oxygen atoms in total. The molecular formula is C11H19NO4. The number of carbonyl (C=O) groups excluding carboxylic acids is 1. The molecule has 0 radical (unpaired) electrons. The fourth-order valence-corrected chi connectivity index (χ4v) is 0.489. The van der Waals surface area contributed by atoms with E-state index in [0.717, 1.165) is 6.08 Å². The van der Waals surface area contributed by atoms with Crippen LogP contribution in [0.15, 0.2) is 25.3 Å². The standard InChI is InChI=1S/C8H15NO2.C3H4O2/c1-4-8(10)9-6-11-5-7(2)3;1-2-3(4)5/h4,7H,1,5-6H2,2-3H3,(H,9,10);2H,1H2,(H,4,5). The van der Waals surface area contributed by atoms with Gasteiger partial charge in [-0.25, -0.2) is 4.79 Å². The Labute approximate surface area is 95.8 Å². The molecular weight excluding hydrogens is 210 g/mol. The summed E-state index contributed by atoms with van der Waals surface area (Å²) >= 11 is 0. The molecule has 0 saturated carbocycles. The van der Waals surface area contributed by atoms with E-state index in [2.05, 4.69) is 32.3 Å². The van der Waals surface area contributed by atoms with Crippen molar-refractivity contribution >= 4 is 11.9 Å². The molecule has 0 fully saturated rings. The molecule has 92 valence electrons. The molecule has 0 spiro atoms. The Balaban J connectivity index is 0. The highest BCUT2D eigenvalue weighted by Gasteiger charge is 1.94. The van der Waals surface area contributed by atoms with Crippen LogP contribution in [0.25, 0.3) is 0 Å². The van der Waals surface area contributed by atoms with Gasteiger partial charge in [0.15, 0.2) is 0 Å². The minimum atomic E-state index is -0.981. The van der Waals surface area contributed by atoms with Gasteiger partial charge in [-0.05, 0) is 12.0 Å². The largest absolute Gasteiger partial charge is 0.478 e. The van der Waals surface area contributed by atoms with Gasteiger partial charge in [-0.15, -0.1) is 0 Å². The summed E-state index contributed by atoms with van der Waals surface area (Å²) in [6.07, 6.45) is 2.05. The maximum absolute atomic E-state index is 10.5. The Morgan fingerprint density at radius 3 is 2.19 bits per heavy atom. The number of rotatable bonds is 6. The number of aliphatic carboxylic acids is 1. The predicted molar refractivity (Wildman–Crippen MR) is 61.8 cm³/mol. The number of carboxylic acids is 1. The van der Waals surface area contributed by atoms with Crippen LogP contribution in [0.1, 0.15) is 13.8 Å². The lowest BCUT2D eigenvalue weighted by molar-refractivity contribution is -0.131. The number of hydrogen-bond donors (Lipinski definition) is 2. The fraction of sp³-hybridized carbons (Fsp3) is 0.455. The SMILES string of the molecule is C=CC(=O)NCOCC(C)C.C=CC(=O)O. The van der Waals surface area contributed by atoms with E-state index in [0.29, 0.717) is 12.5 Å². The Hall–Kier alpha value is -1.62. The zero-order chi connectivity index (χ0) is 13.0. The van der Waals surface area contributed by atoms with Gasteiger partial charge in [-0.1, -0.05) is 27.0 Å². The number of carboxylic acid groups (broad SMARTS) is 1. The van der Waals surface area contributed by atoms with E-state index in [-0.39, 0.29) is 12.6 Å². The Kier molecular flexibility index (Phi) is 12.0. The van der Waals surface area contributed by atoms with Gasteiger partial charge in [-0.2, -0.15) is 0 Å². The summed E-state index contributed by atoms with van der Waals surface area (Å²) < 4.78 is 5.09. The smallest absolute Gasteiger partial charge is 0.327 e. The number of carbonyl (C=O) groups is 2. The first kappa shape index (κ1) is 16.8. The lowest BCUT2D eigenvalue weighted by Crippen LogP contribution is -2.24. The first-order valence-electron chi connectivity index (χ1n) is 4.77. The molecule has 0 unspecified atom stereocenters. The van der Waals surface area contributed by atoms with Crippen LogP contribution in [-0.2, 0) is 14.3 Å². The summed E-state index contributed by atoms with van der Waals surface area (Å²) in [7, 11) is 0. The number of ether oxygens (including phenoxy) is 1. The molecule has 0 aromatic rings. The van der Waals surface area contributed by atoms with Crippen molar-refractivity contribution in [3.05, 3.63) is 25.3 Å². The van der Waals surface area contributed by atoms with Crippen LogP contribution in [-0.4, -0.2) is 30.3 Å². The van der Waals surface area contributed by atoms with Crippen LogP contribution in [0.5, 0.6) is 0 Å². The van der Waals surface area contributed by atoms with Crippen molar-refractivity contribution in [2.45, 2.75) is 13.8 Å². The number of amides is 1. The van der Waals surface area contributed by atoms with Crippen LogP contribution in [0.4, 0.5) is 0 Å². The zero-order valence-electron chi connectivity index (χ0n) is 9.73. The molecule has 0 bridgehead atoms. The van der Waals surface area contributed by atoms with Gasteiger partial charge < -0.3 is 15.2 Å². The highest BCUT2D eigenvalue weighted by molar-refractivity contribution is 5.86. The van der Waals surface area contributed by atoms with Crippen molar-refractivity contribution < 1.29 is 19.4 Å². The number of hydrogen-bond acceptors (Lipinski definition) is 3. The summed E-state index contributed by atoms with van der Waals surface area (Å²) in [5.41, 5.74) is 0. The Morgan fingerprint density at radius 2 is 1.88 bits per heavy atom. The predicted octanol–water partition coefficient (Wildman–Crippen LogP) is 1.18. The molecule has 0 aliphatic carbocycles. The van der Waals surface area contributed by atoms with Crippen LogP contribution in [0.3, 0.4) is 0 Å². The zero-order valence-corrected chi connectivity index (χ0v) is 9.73. The molecule has 5 heteroatoms. The quantitative estimate of drug-likeness (QED) is 0.407. The maximum Gasteiger partial charge on any atom is 0.327 e. The minimum absolute atomic E-state index is 0.200. The van der Waals surface area contributed by atoms with E-state index >= 15 is 0 Å². The maximum atomic E-state index is 10.5. The summed E-state index contributed by atoms with van der Waals surface area (Å²) in [6.45, 7) is 11.3. The molecule has 0 heterocycles. The normalized spacial score (nSPS) is 8.69. The Bertz CT molecular complexity index is 236. The monoisotopic (exact) mass is 229 g/mol. The van der Waals surface area contributed by atoms with Gasteiger partial charge in [0.1, 0.15) is 6.73 Å². The van der Waals surface area contributed by atoms with E-state index in [1.165, 1.54) is 6.08 Å². The molecule has 0 aliphatic heterocycles. The summed E-state index contributed by atoms with van der Waals surface area (Å²) in [5.74, 6) is -0.686. The summed E-state index contributed by atoms with van der Waals surface area (Å²) in [4.78, 5) is 19.8. The summed E-state index contributed by atoms with van der Waals surface area (Å²) in [5, 5.41) is 10.1. The van der Waals surface area contributed by atoms with E-state index in [4.69, 9.17) is 9.84 Å². The lowest BCUT2D eigenvalue weighted by Gasteiger charge is -2.06. The van der Waals surface area contributed by atoms with Gasteiger partial charge in [0.05, 0.1) is 6.61 Å². The second-order valence-electron chi connectivity index (χ2n) is 3.20. The van der Waals surface area contributed by atoms with Crippen LogP contribution < -0.4 is 5.32 Å². The van der Waals surface area contributed by atoms with Crippen molar-refractivity contribution in [2.24, 2.45) is 5.92 Å². The molecule has 16 heavy (non-hydrogen) atoms. The van der Waals surface area contributed by atoms with Crippen molar-refractivity contribution in [2.75, 3.05) is 13.3 Å². The first-order chi connectivity index (χ1) is 7.43. The molecule has 1 amide bonds. The molecule has 0 aliphatic rings. The second-order valence-corrected chi connectivity index (χ2v) is 3.20. The van der Waals surface area contributed by atoms with Crippen LogP contribution >= 0.6 is 0 Å². The average Bonchev–Trinajstić information content (AvgIpc) is 2.24. The third-order valence-corrected chi connectivity index (χ3v) is 1.16. The number of nitrogens with one attached hydrogen (secondary N) is 1. The van der Waals surface area contributed by atoms with Crippen molar-refractivity contribution in [1.82, 2.24) is 5.32 Å². The van der Waals surface area contributed by atoms with E-state index in [9.17, 15) is 9.59 Å². The van der Waals surface area contributed by atoms with E-state index < -0.39 is 5.97 Å². The minimum Gasteiger partial charge on any atom is -0.478 e. The molecule has 2 N–H and O–H groups in total. The fourth-order valence-electron chi connectivity index (χ4n) is 0.489. The average molecular weight is 229 g/mol. The first-order valence-corrected chi connectivity index (χ1v) is 4.77. The van der Waals surface area contributed by atoms with Crippen LogP contribution in [0, 0.1) is 5.92 Å². The second kappa shape index (κ2) is 11.5. The molecule has 0 atom stereocenters. The van der Waals surface area contributed by atoms with Crippen LogP contribution in [0.2, 0.25) is 0 Å². The molecule has 0 saturated heterocycles. The van der Waals surface area contributed by atoms with Crippen molar-refractivity contribution in [3.63, 3.8) is 0 Å². The van der Waals surface area contributed by atoms with Crippen molar-refractivity contribution in [1.29, 1.82) is 0 Å². The van der Waals surface area contributed by atoms with E-state index in [1.807, 2.05) is 0 Å². The lowest BCUT2D eigenvalue weighted by atomic mass is 10.2. The molecule has 0 aromatic carbocycles. The third kappa shape index (κ3) is 18.2. The molecule has 0 aromatic heterocycles. The van der Waals surface area contributed by atoms with Crippen molar-refractivity contribution in [3.8, 4) is 0 Å². The highest BCUT2D eigenvalue weighted by atomic mass is 16.5. The Morgan fingerprint density at radius 1 is 1.38 bits per heavy atom.